The minimum atomic E-state index is -4.17. The number of carbonyl (C=O) groups excluding carboxylic acids is 2. The van der Waals surface area contributed by atoms with Gasteiger partial charge in [-0.05, 0) is 38.5 Å². The van der Waals surface area contributed by atoms with Crippen molar-refractivity contribution in [2.75, 3.05) is 0 Å². The molecule has 0 aliphatic carbocycles. The zero-order valence-corrected chi connectivity index (χ0v) is 19.1. The van der Waals surface area contributed by atoms with Gasteiger partial charge in [0.2, 0.25) is 12.3 Å². The predicted molar refractivity (Wildman–Crippen MR) is 108 cm³/mol. The molecular weight excluding hydrogens is 480 g/mol. The molecule has 4 nitrogen and oxygen atoms in total. The van der Waals surface area contributed by atoms with Gasteiger partial charge in [0.25, 0.3) is 0 Å². The van der Waals surface area contributed by atoms with Crippen LogP contribution in [-0.2, 0) is 19.4 Å². The molecule has 0 aliphatic rings. The number of rotatable bonds is 18. The Bertz CT molecular complexity index is 504. The molecule has 0 saturated carbocycles. The minimum Gasteiger partial charge on any atom is -0.244 e. The van der Waals surface area contributed by atoms with E-state index in [1.165, 1.54) is 0 Å². The Kier molecular flexibility index (Phi) is 16.9. The Morgan fingerprint density at radius 3 is 1.06 bits per heavy atom. The molecule has 12 heteroatoms. The fraction of sp³-hybridized carbons (Fsp3) is 0.909. The van der Waals surface area contributed by atoms with Gasteiger partial charge in [-0.1, -0.05) is 51.4 Å². The number of alkyl halides is 8. The molecule has 34 heavy (non-hydrogen) atoms. The van der Waals surface area contributed by atoms with Crippen molar-refractivity contribution in [3.63, 3.8) is 0 Å². The summed E-state index contributed by atoms with van der Waals surface area (Å²) >= 11 is 0. The summed E-state index contributed by atoms with van der Waals surface area (Å²) in [5.41, 5.74) is 0. The smallest absolute Gasteiger partial charge is 0.244 e. The van der Waals surface area contributed by atoms with E-state index in [9.17, 15) is 44.7 Å². The van der Waals surface area contributed by atoms with Crippen LogP contribution in [0.2, 0.25) is 0 Å². The fourth-order valence-corrected chi connectivity index (χ4v) is 3.13. The molecule has 0 fully saturated rings. The van der Waals surface area contributed by atoms with Crippen LogP contribution in [0.15, 0.2) is 0 Å². The lowest BCUT2D eigenvalue weighted by Crippen LogP contribution is -2.25. The largest absolute Gasteiger partial charge is 0.389 e. The molecule has 0 spiro atoms. The maximum absolute atomic E-state index is 13.7. The number of unbranched alkanes of at least 4 members (excludes halogenated alkanes) is 10. The van der Waals surface area contributed by atoms with Gasteiger partial charge in [-0.15, -0.1) is 0 Å². The first-order valence-electron chi connectivity index (χ1n) is 11.7. The molecular formula is C22H34F8O4. The number of hydrogen-bond donors (Lipinski definition) is 0. The SMILES string of the molecule is O=C(OOC(=O)C(F)CCCCCCCCC(F)(F)F)C(F)CCCCCCCCC(F)(F)F. The molecule has 2 unspecified atom stereocenters. The molecule has 202 valence electrons. The molecule has 0 aromatic rings. The summed E-state index contributed by atoms with van der Waals surface area (Å²) in [5, 5.41) is 0. The van der Waals surface area contributed by atoms with E-state index >= 15 is 0 Å². The molecule has 0 aliphatic heterocycles. The maximum Gasteiger partial charge on any atom is 0.389 e. The first-order valence-corrected chi connectivity index (χ1v) is 11.7. The van der Waals surface area contributed by atoms with Gasteiger partial charge >= 0.3 is 24.3 Å². The number of carbonyl (C=O) groups is 2. The van der Waals surface area contributed by atoms with Gasteiger partial charge in [-0.3, -0.25) is 0 Å². The normalized spacial score (nSPS) is 14.0. The van der Waals surface area contributed by atoms with Crippen LogP contribution in [0.5, 0.6) is 0 Å². The van der Waals surface area contributed by atoms with Crippen molar-refractivity contribution >= 4 is 11.9 Å². The van der Waals surface area contributed by atoms with Crippen molar-refractivity contribution in [3.8, 4) is 0 Å². The van der Waals surface area contributed by atoms with Crippen LogP contribution in [-0.4, -0.2) is 36.6 Å². The molecule has 2 atom stereocenters. The summed E-state index contributed by atoms with van der Waals surface area (Å²) in [4.78, 5) is 30.9. The van der Waals surface area contributed by atoms with Crippen molar-refractivity contribution in [2.24, 2.45) is 0 Å². The Labute approximate surface area is 194 Å². The standard InChI is InChI=1S/C22H34F8O4/c23-17(13-9-5-1-3-7-11-15-21(25,26)27)19(31)33-34-20(32)18(24)14-10-6-2-4-8-12-16-22(28,29)30/h17-18H,1-16H2. The van der Waals surface area contributed by atoms with E-state index in [0.717, 1.165) is 0 Å². The quantitative estimate of drug-likeness (QED) is 0.0804. The molecule has 0 aromatic carbocycles. The van der Waals surface area contributed by atoms with Crippen molar-refractivity contribution < 1.29 is 54.5 Å². The third-order valence-corrected chi connectivity index (χ3v) is 5.05. The number of halogens is 8. The van der Waals surface area contributed by atoms with Crippen molar-refractivity contribution in [1.82, 2.24) is 0 Å². The van der Waals surface area contributed by atoms with E-state index in [-0.39, 0.29) is 38.5 Å². The second-order valence-corrected chi connectivity index (χ2v) is 8.29. The average molecular weight is 514 g/mol. The van der Waals surface area contributed by atoms with Crippen LogP contribution in [0.4, 0.5) is 35.1 Å². The summed E-state index contributed by atoms with van der Waals surface area (Å²) < 4.78 is 99.3. The van der Waals surface area contributed by atoms with Crippen LogP contribution in [0.1, 0.15) is 103 Å². The highest BCUT2D eigenvalue weighted by Gasteiger charge is 2.27. The van der Waals surface area contributed by atoms with Crippen LogP contribution in [0.3, 0.4) is 0 Å². The third kappa shape index (κ3) is 20.9. The molecule has 0 rings (SSSR count). The van der Waals surface area contributed by atoms with E-state index in [1.807, 2.05) is 0 Å². The van der Waals surface area contributed by atoms with E-state index < -0.39 is 49.5 Å². The summed E-state index contributed by atoms with van der Waals surface area (Å²) in [6.07, 6.45) is -9.84. The van der Waals surface area contributed by atoms with E-state index in [4.69, 9.17) is 0 Å². The van der Waals surface area contributed by atoms with Crippen molar-refractivity contribution in [3.05, 3.63) is 0 Å². The van der Waals surface area contributed by atoms with Crippen LogP contribution in [0, 0.1) is 0 Å². The van der Waals surface area contributed by atoms with Crippen molar-refractivity contribution in [2.45, 2.75) is 127 Å². The Morgan fingerprint density at radius 1 is 0.500 bits per heavy atom. The summed E-state index contributed by atoms with van der Waals surface area (Å²) in [6.45, 7) is 0. The zero-order valence-electron chi connectivity index (χ0n) is 19.1. The lowest BCUT2D eigenvalue weighted by Gasteiger charge is -2.09. The van der Waals surface area contributed by atoms with Gasteiger partial charge in [0.1, 0.15) is 0 Å². The highest BCUT2D eigenvalue weighted by Crippen LogP contribution is 2.24. The Morgan fingerprint density at radius 2 is 0.765 bits per heavy atom. The minimum absolute atomic E-state index is 0.0356. The highest BCUT2D eigenvalue weighted by atomic mass is 19.4. The molecule has 0 amide bonds. The highest BCUT2D eigenvalue weighted by molar-refractivity contribution is 5.77. The summed E-state index contributed by atoms with van der Waals surface area (Å²) in [7, 11) is 0. The van der Waals surface area contributed by atoms with Gasteiger partial charge in [-0.2, -0.15) is 26.3 Å². The average Bonchev–Trinajstić information content (AvgIpc) is 2.73. The molecule has 0 N–H and O–H groups in total. The van der Waals surface area contributed by atoms with Gasteiger partial charge in [0.05, 0.1) is 0 Å². The zero-order chi connectivity index (χ0) is 26.0. The first-order chi connectivity index (χ1) is 15.8. The fourth-order valence-electron chi connectivity index (χ4n) is 3.13. The van der Waals surface area contributed by atoms with Crippen LogP contribution < -0.4 is 0 Å². The second-order valence-electron chi connectivity index (χ2n) is 8.29. The monoisotopic (exact) mass is 514 g/mol. The molecule has 0 bridgehead atoms. The van der Waals surface area contributed by atoms with Gasteiger partial charge in [0.15, 0.2) is 0 Å². The van der Waals surface area contributed by atoms with Crippen molar-refractivity contribution in [1.29, 1.82) is 0 Å². The lowest BCUT2D eigenvalue weighted by atomic mass is 10.1. The third-order valence-electron chi connectivity index (χ3n) is 5.05. The molecule has 0 aromatic heterocycles. The second kappa shape index (κ2) is 17.8. The maximum atomic E-state index is 13.7. The molecule has 0 saturated heterocycles. The Balaban J connectivity index is 3.71. The van der Waals surface area contributed by atoms with E-state index in [1.54, 1.807) is 0 Å². The van der Waals surface area contributed by atoms with Crippen LogP contribution in [0.25, 0.3) is 0 Å². The Hall–Kier alpha value is -1.62. The molecule has 0 heterocycles. The summed E-state index contributed by atoms with van der Waals surface area (Å²) in [6, 6.07) is 0. The topological polar surface area (TPSA) is 52.6 Å². The molecule has 0 radical (unpaired) electrons. The van der Waals surface area contributed by atoms with Gasteiger partial charge in [-0.25, -0.2) is 28.1 Å². The van der Waals surface area contributed by atoms with Crippen LogP contribution >= 0.6 is 0 Å². The first kappa shape index (κ1) is 32.4. The van der Waals surface area contributed by atoms with E-state index in [2.05, 4.69) is 9.78 Å². The lowest BCUT2D eigenvalue weighted by molar-refractivity contribution is -0.266. The van der Waals surface area contributed by atoms with Gasteiger partial charge in [0, 0.05) is 12.8 Å². The van der Waals surface area contributed by atoms with E-state index in [0.29, 0.717) is 51.4 Å². The van der Waals surface area contributed by atoms with Gasteiger partial charge < -0.3 is 0 Å². The predicted octanol–water partition coefficient (Wildman–Crippen LogP) is 8.03. The number of hydrogen-bond acceptors (Lipinski definition) is 4. The summed E-state index contributed by atoms with van der Waals surface area (Å²) in [5.74, 6) is -2.94.